The Hall–Kier alpha value is -2.51. The molecule has 0 aromatic heterocycles. The minimum Gasteiger partial charge on any atom is -0.369 e. The Balaban J connectivity index is 3.36. The van der Waals surface area contributed by atoms with Crippen molar-refractivity contribution in [3.63, 3.8) is 0 Å². The van der Waals surface area contributed by atoms with Crippen molar-refractivity contribution in [3.05, 3.63) is 44.0 Å². The Bertz CT molecular complexity index is 529. The van der Waals surface area contributed by atoms with Crippen molar-refractivity contribution in [2.45, 2.75) is 25.7 Å². The second kappa shape index (κ2) is 5.89. The lowest BCUT2D eigenvalue weighted by Gasteiger charge is -2.12. The molecule has 0 saturated carbocycles. The van der Waals surface area contributed by atoms with Crippen molar-refractivity contribution in [1.29, 1.82) is 0 Å². The van der Waals surface area contributed by atoms with E-state index in [1.54, 1.807) is 0 Å². The van der Waals surface area contributed by atoms with E-state index in [1.807, 2.05) is 6.92 Å². The van der Waals surface area contributed by atoms with E-state index >= 15 is 0 Å². The van der Waals surface area contributed by atoms with Gasteiger partial charge >= 0.3 is 0 Å². The summed E-state index contributed by atoms with van der Waals surface area (Å²) in [5.41, 5.74) is 4.50. The Morgan fingerprint density at radius 2 is 1.95 bits per heavy atom. The van der Waals surface area contributed by atoms with Gasteiger partial charge in [0.25, 0.3) is 11.4 Å². The SMILES string of the molecule is CCCC(C(N)=O)c1ccc([N+](=O)[O-])cc1[N+](=O)[O-]. The lowest BCUT2D eigenvalue weighted by molar-refractivity contribution is -0.394. The highest BCUT2D eigenvalue weighted by Gasteiger charge is 2.27. The third-order valence-electron chi connectivity index (χ3n) is 2.72. The van der Waals surface area contributed by atoms with Gasteiger partial charge in [0, 0.05) is 11.6 Å². The van der Waals surface area contributed by atoms with Gasteiger partial charge in [0.15, 0.2) is 0 Å². The molecule has 1 aromatic rings. The molecule has 1 atom stereocenters. The summed E-state index contributed by atoms with van der Waals surface area (Å²) in [6, 6.07) is 3.20. The van der Waals surface area contributed by atoms with Crippen molar-refractivity contribution >= 4 is 17.3 Å². The number of nitrogens with two attached hydrogens (primary N) is 1. The third-order valence-corrected chi connectivity index (χ3v) is 2.72. The second-order valence-electron chi connectivity index (χ2n) is 4.00. The van der Waals surface area contributed by atoms with Crippen LogP contribution >= 0.6 is 0 Å². The zero-order valence-corrected chi connectivity index (χ0v) is 10.2. The number of benzene rings is 1. The van der Waals surface area contributed by atoms with Gasteiger partial charge in [-0.2, -0.15) is 0 Å². The number of amides is 1. The number of carbonyl (C=O) groups is 1. The highest BCUT2D eigenvalue weighted by atomic mass is 16.6. The van der Waals surface area contributed by atoms with Gasteiger partial charge in [0.1, 0.15) is 0 Å². The molecule has 0 radical (unpaired) electrons. The molecule has 0 spiro atoms. The lowest BCUT2D eigenvalue weighted by Crippen LogP contribution is -2.22. The molecule has 0 fully saturated rings. The summed E-state index contributed by atoms with van der Waals surface area (Å²) in [5, 5.41) is 21.6. The van der Waals surface area contributed by atoms with Crippen LogP contribution in [0, 0.1) is 20.2 Å². The molecule has 0 aliphatic heterocycles. The second-order valence-corrected chi connectivity index (χ2v) is 4.00. The number of nitro groups is 2. The zero-order chi connectivity index (χ0) is 14.6. The van der Waals surface area contributed by atoms with E-state index in [2.05, 4.69) is 0 Å². The van der Waals surface area contributed by atoms with Gasteiger partial charge in [0.05, 0.1) is 21.8 Å². The number of nitrogens with zero attached hydrogens (tertiary/aromatic N) is 2. The maximum absolute atomic E-state index is 11.3. The van der Waals surface area contributed by atoms with Crippen LogP contribution in [-0.4, -0.2) is 15.8 Å². The molecule has 8 heteroatoms. The lowest BCUT2D eigenvalue weighted by atomic mass is 9.92. The fraction of sp³-hybridized carbons (Fsp3) is 0.364. The van der Waals surface area contributed by atoms with Gasteiger partial charge in [-0.3, -0.25) is 25.0 Å². The fourth-order valence-electron chi connectivity index (χ4n) is 1.84. The molecule has 1 amide bonds. The summed E-state index contributed by atoms with van der Waals surface area (Å²) in [6.07, 6.45) is 0.968. The van der Waals surface area contributed by atoms with E-state index < -0.39 is 33.0 Å². The summed E-state index contributed by atoms with van der Waals surface area (Å²) in [6.45, 7) is 1.81. The van der Waals surface area contributed by atoms with E-state index in [0.717, 1.165) is 12.1 Å². The van der Waals surface area contributed by atoms with Crippen molar-refractivity contribution in [2.75, 3.05) is 0 Å². The molecule has 0 heterocycles. The smallest absolute Gasteiger partial charge is 0.280 e. The first-order valence-electron chi connectivity index (χ1n) is 5.60. The highest BCUT2D eigenvalue weighted by Crippen LogP contribution is 2.32. The Morgan fingerprint density at radius 3 is 2.37 bits per heavy atom. The van der Waals surface area contributed by atoms with Crippen LogP contribution in [0.3, 0.4) is 0 Å². The van der Waals surface area contributed by atoms with Gasteiger partial charge in [-0.15, -0.1) is 0 Å². The van der Waals surface area contributed by atoms with E-state index in [-0.39, 0.29) is 5.56 Å². The molecule has 0 saturated heterocycles. The first-order valence-corrected chi connectivity index (χ1v) is 5.60. The number of hydrogen-bond donors (Lipinski definition) is 1. The van der Waals surface area contributed by atoms with Gasteiger partial charge in [-0.05, 0) is 12.5 Å². The number of primary amides is 1. The van der Waals surface area contributed by atoms with Gasteiger partial charge in [-0.25, -0.2) is 0 Å². The van der Waals surface area contributed by atoms with Crippen LogP contribution in [0.15, 0.2) is 18.2 Å². The van der Waals surface area contributed by atoms with Gasteiger partial charge in [0.2, 0.25) is 5.91 Å². The van der Waals surface area contributed by atoms with E-state index in [4.69, 9.17) is 5.73 Å². The number of rotatable bonds is 6. The number of hydrogen-bond acceptors (Lipinski definition) is 5. The summed E-state index contributed by atoms with van der Waals surface area (Å²) in [5.74, 6) is -1.50. The first kappa shape index (κ1) is 14.6. The molecule has 1 rings (SSSR count). The molecule has 0 aliphatic carbocycles. The number of carbonyl (C=O) groups excluding carboxylic acids is 1. The monoisotopic (exact) mass is 267 g/mol. The molecule has 0 aliphatic rings. The molecule has 19 heavy (non-hydrogen) atoms. The standard InChI is InChI=1S/C11H13N3O5/c1-2-3-9(11(12)15)8-5-4-7(13(16)17)6-10(8)14(18)19/h4-6,9H,2-3H2,1H3,(H2,12,15). The quantitative estimate of drug-likeness (QED) is 0.621. The topological polar surface area (TPSA) is 129 Å². The number of non-ortho nitro benzene ring substituents is 1. The largest absolute Gasteiger partial charge is 0.369 e. The molecule has 8 nitrogen and oxygen atoms in total. The Morgan fingerprint density at radius 1 is 1.32 bits per heavy atom. The van der Waals surface area contributed by atoms with Crippen molar-refractivity contribution in [2.24, 2.45) is 5.73 Å². The van der Waals surface area contributed by atoms with E-state index in [1.165, 1.54) is 6.07 Å². The summed E-state index contributed by atoms with van der Waals surface area (Å²) in [7, 11) is 0. The van der Waals surface area contributed by atoms with Crippen LogP contribution in [0.4, 0.5) is 11.4 Å². The van der Waals surface area contributed by atoms with Crippen LogP contribution in [0.2, 0.25) is 0 Å². The minimum atomic E-state index is -0.814. The molecular weight excluding hydrogens is 254 g/mol. The molecule has 2 N–H and O–H groups in total. The molecule has 1 unspecified atom stereocenters. The van der Waals surface area contributed by atoms with E-state index in [9.17, 15) is 25.0 Å². The summed E-state index contributed by atoms with van der Waals surface area (Å²) in [4.78, 5) is 31.4. The minimum absolute atomic E-state index is 0.116. The average molecular weight is 267 g/mol. The number of nitro benzene ring substituents is 2. The predicted octanol–water partition coefficient (Wildman–Crippen LogP) is 1.87. The van der Waals surface area contributed by atoms with Gasteiger partial charge in [-0.1, -0.05) is 13.3 Å². The van der Waals surface area contributed by atoms with Crippen LogP contribution in [-0.2, 0) is 4.79 Å². The zero-order valence-electron chi connectivity index (χ0n) is 10.2. The molecule has 0 bridgehead atoms. The summed E-state index contributed by atoms with van der Waals surface area (Å²) >= 11 is 0. The van der Waals surface area contributed by atoms with E-state index in [0.29, 0.717) is 12.8 Å². The van der Waals surface area contributed by atoms with Crippen LogP contribution in [0.1, 0.15) is 31.2 Å². The Kier molecular flexibility index (Phi) is 4.51. The molecule has 1 aromatic carbocycles. The Labute approximate surface area is 108 Å². The maximum Gasteiger partial charge on any atom is 0.280 e. The molecule has 102 valence electrons. The fourth-order valence-corrected chi connectivity index (χ4v) is 1.84. The van der Waals surface area contributed by atoms with Crippen molar-refractivity contribution < 1.29 is 14.6 Å². The van der Waals surface area contributed by atoms with Crippen molar-refractivity contribution in [3.8, 4) is 0 Å². The maximum atomic E-state index is 11.3. The van der Waals surface area contributed by atoms with Crippen LogP contribution < -0.4 is 5.73 Å². The molecular formula is C11H13N3O5. The van der Waals surface area contributed by atoms with Gasteiger partial charge < -0.3 is 5.73 Å². The average Bonchev–Trinajstić information content (AvgIpc) is 2.34. The first-order chi connectivity index (χ1) is 8.88. The highest BCUT2D eigenvalue weighted by molar-refractivity contribution is 5.83. The van der Waals surface area contributed by atoms with Crippen LogP contribution in [0.5, 0.6) is 0 Å². The normalized spacial score (nSPS) is 11.8. The third kappa shape index (κ3) is 3.24. The predicted molar refractivity (Wildman–Crippen MR) is 66.6 cm³/mol. The van der Waals surface area contributed by atoms with Crippen LogP contribution in [0.25, 0.3) is 0 Å². The summed E-state index contributed by atoms with van der Waals surface area (Å²) < 4.78 is 0. The van der Waals surface area contributed by atoms with Crippen molar-refractivity contribution in [1.82, 2.24) is 0 Å².